The Morgan fingerprint density at radius 2 is 1.96 bits per heavy atom. The Balaban J connectivity index is 1.68. The summed E-state index contributed by atoms with van der Waals surface area (Å²) in [7, 11) is 0. The molecule has 2 aliphatic carbocycles. The van der Waals surface area contributed by atoms with Crippen molar-refractivity contribution in [3.8, 4) is 0 Å². The lowest BCUT2D eigenvalue weighted by Gasteiger charge is -2.29. The van der Waals surface area contributed by atoms with Crippen LogP contribution in [-0.2, 0) is 6.42 Å². The summed E-state index contributed by atoms with van der Waals surface area (Å²) in [6.45, 7) is 4.17. The number of hydrogen-bond donors (Lipinski definition) is 1. The largest absolute Gasteiger partial charge is 0.349 e. The van der Waals surface area contributed by atoms with E-state index in [1.54, 1.807) is 16.9 Å². The van der Waals surface area contributed by atoms with E-state index in [-0.39, 0.29) is 23.1 Å². The Hall–Kier alpha value is -2.24. The quantitative estimate of drug-likeness (QED) is 0.912. The van der Waals surface area contributed by atoms with Crippen LogP contribution in [0, 0.1) is 5.41 Å². The first-order valence-electron chi connectivity index (χ1n) is 9.14. The highest BCUT2D eigenvalue weighted by Crippen LogP contribution is 2.34. The molecule has 0 atom stereocenters. The third kappa shape index (κ3) is 2.94. The van der Waals surface area contributed by atoms with Crippen molar-refractivity contribution >= 4 is 17.3 Å². The molecule has 4 rings (SSSR count). The second-order valence-corrected chi connectivity index (χ2v) is 8.16. The number of ketones is 1. The summed E-state index contributed by atoms with van der Waals surface area (Å²) in [5, 5.41) is 7.51. The summed E-state index contributed by atoms with van der Waals surface area (Å²) in [4.78, 5) is 29.4. The SMILES string of the molecule is CC1(C)CC(=O)c2cnc3c(C(=O)NC4CCCCC4)cnn3c2C1. The normalized spacial score (nSPS) is 20.5. The average Bonchev–Trinajstić information content (AvgIpc) is 2.99. The first-order chi connectivity index (χ1) is 11.9. The lowest BCUT2D eigenvalue weighted by atomic mass is 9.76. The van der Waals surface area contributed by atoms with Gasteiger partial charge in [0.25, 0.3) is 5.91 Å². The van der Waals surface area contributed by atoms with E-state index in [2.05, 4.69) is 29.2 Å². The fourth-order valence-corrected chi connectivity index (χ4v) is 4.10. The van der Waals surface area contributed by atoms with E-state index in [1.165, 1.54) is 19.3 Å². The van der Waals surface area contributed by atoms with Gasteiger partial charge in [-0.1, -0.05) is 33.1 Å². The summed E-state index contributed by atoms with van der Waals surface area (Å²) in [5.41, 5.74) is 2.42. The summed E-state index contributed by atoms with van der Waals surface area (Å²) < 4.78 is 1.68. The molecule has 0 unspecified atom stereocenters. The molecule has 2 aromatic heterocycles. The maximum atomic E-state index is 12.7. The molecular weight excluding hydrogens is 316 g/mol. The molecule has 0 radical (unpaired) electrons. The van der Waals surface area contributed by atoms with E-state index >= 15 is 0 Å². The zero-order valence-electron chi connectivity index (χ0n) is 14.8. The molecule has 0 aromatic carbocycles. The van der Waals surface area contributed by atoms with Crippen molar-refractivity contribution < 1.29 is 9.59 Å². The van der Waals surface area contributed by atoms with Crippen molar-refractivity contribution in [3.63, 3.8) is 0 Å². The first-order valence-corrected chi connectivity index (χ1v) is 9.14. The number of Topliss-reactive ketones (excluding diaryl/α,β-unsaturated/α-hetero) is 1. The number of carbonyl (C=O) groups excluding carboxylic acids is 2. The molecular formula is C19H24N4O2. The van der Waals surface area contributed by atoms with Gasteiger partial charge in [-0.05, 0) is 24.7 Å². The number of carbonyl (C=O) groups is 2. The molecule has 2 aliphatic rings. The van der Waals surface area contributed by atoms with E-state index in [4.69, 9.17) is 0 Å². The van der Waals surface area contributed by atoms with Gasteiger partial charge in [-0.3, -0.25) is 9.59 Å². The third-order valence-corrected chi connectivity index (χ3v) is 5.40. The van der Waals surface area contributed by atoms with Crippen molar-refractivity contribution in [2.24, 2.45) is 5.41 Å². The molecule has 0 aliphatic heterocycles. The van der Waals surface area contributed by atoms with Gasteiger partial charge in [-0.25, -0.2) is 9.50 Å². The smallest absolute Gasteiger partial charge is 0.256 e. The molecule has 2 aromatic rings. The molecule has 1 amide bonds. The van der Waals surface area contributed by atoms with E-state index in [0.29, 0.717) is 23.2 Å². The molecule has 0 spiro atoms. The molecule has 1 fully saturated rings. The molecule has 25 heavy (non-hydrogen) atoms. The van der Waals surface area contributed by atoms with Crippen LogP contribution in [0.1, 0.15) is 78.8 Å². The van der Waals surface area contributed by atoms with Crippen LogP contribution >= 0.6 is 0 Å². The van der Waals surface area contributed by atoms with Crippen LogP contribution in [0.4, 0.5) is 0 Å². The maximum Gasteiger partial charge on any atom is 0.256 e. The Morgan fingerprint density at radius 1 is 1.20 bits per heavy atom. The lowest BCUT2D eigenvalue weighted by Crippen LogP contribution is -2.36. The van der Waals surface area contributed by atoms with Gasteiger partial charge in [-0.2, -0.15) is 5.10 Å². The highest BCUT2D eigenvalue weighted by Gasteiger charge is 2.34. The minimum Gasteiger partial charge on any atom is -0.349 e. The van der Waals surface area contributed by atoms with Crippen LogP contribution in [0.5, 0.6) is 0 Å². The zero-order valence-corrected chi connectivity index (χ0v) is 14.8. The highest BCUT2D eigenvalue weighted by molar-refractivity contribution is 6.01. The van der Waals surface area contributed by atoms with Gasteiger partial charge in [0.05, 0.1) is 17.5 Å². The predicted molar refractivity (Wildman–Crippen MR) is 93.8 cm³/mol. The molecule has 1 N–H and O–H groups in total. The van der Waals surface area contributed by atoms with Crippen LogP contribution in [-0.4, -0.2) is 32.3 Å². The molecule has 6 nitrogen and oxygen atoms in total. The standard InChI is InChI=1S/C19H24N4O2/c1-19(2)8-15-13(16(24)9-19)10-20-17-14(11-21-23(15)17)18(25)22-12-6-4-3-5-7-12/h10-12H,3-9H2,1-2H3,(H,22,25). The van der Waals surface area contributed by atoms with Crippen molar-refractivity contribution in [3.05, 3.63) is 29.2 Å². The number of fused-ring (bicyclic) bond motifs is 3. The van der Waals surface area contributed by atoms with Crippen LogP contribution in [0.2, 0.25) is 0 Å². The topological polar surface area (TPSA) is 76.4 Å². The number of nitrogens with zero attached hydrogens (tertiary/aromatic N) is 3. The van der Waals surface area contributed by atoms with Gasteiger partial charge < -0.3 is 5.32 Å². The van der Waals surface area contributed by atoms with E-state index < -0.39 is 0 Å². The molecule has 1 saturated carbocycles. The van der Waals surface area contributed by atoms with Crippen LogP contribution in [0.15, 0.2) is 12.4 Å². The summed E-state index contributed by atoms with van der Waals surface area (Å²) in [6, 6.07) is 0.245. The first kappa shape index (κ1) is 16.2. The zero-order chi connectivity index (χ0) is 17.6. The minimum absolute atomic E-state index is 0.101. The Morgan fingerprint density at radius 3 is 2.72 bits per heavy atom. The lowest BCUT2D eigenvalue weighted by molar-refractivity contribution is 0.0906. The molecule has 2 heterocycles. The van der Waals surface area contributed by atoms with E-state index in [9.17, 15) is 9.59 Å². The van der Waals surface area contributed by atoms with Gasteiger partial charge in [0.15, 0.2) is 11.4 Å². The van der Waals surface area contributed by atoms with Crippen LogP contribution in [0.25, 0.3) is 5.65 Å². The number of rotatable bonds is 2. The predicted octanol–water partition coefficient (Wildman–Crippen LogP) is 2.95. The summed E-state index contributed by atoms with van der Waals surface area (Å²) in [5.74, 6) is -0.0138. The number of nitrogens with one attached hydrogen (secondary N) is 1. The van der Waals surface area contributed by atoms with Crippen LogP contribution < -0.4 is 5.32 Å². The number of aromatic nitrogens is 3. The Kier molecular flexibility index (Phi) is 3.85. The second kappa shape index (κ2) is 5.93. The van der Waals surface area contributed by atoms with Crippen molar-refractivity contribution in [1.82, 2.24) is 19.9 Å². The number of amides is 1. The van der Waals surface area contributed by atoms with E-state index in [0.717, 1.165) is 25.0 Å². The maximum absolute atomic E-state index is 12.7. The monoisotopic (exact) mass is 340 g/mol. The third-order valence-electron chi connectivity index (χ3n) is 5.40. The molecule has 132 valence electrons. The summed E-state index contributed by atoms with van der Waals surface area (Å²) >= 11 is 0. The summed E-state index contributed by atoms with van der Waals surface area (Å²) in [6.07, 6.45) is 10.1. The average molecular weight is 340 g/mol. The van der Waals surface area contributed by atoms with Gasteiger partial charge in [0.2, 0.25) is 0 Å². The van der Waals surface area contributed by atoms with Crippen molar-refractivity contribution in [2.75, 3.05) is 0 Å². The van der Waals surface area contributed by atoms with Gasteiger partial charge in [0, 0.05) is 18.7 Å². The highest BCUT2D eigenvalue weighted by atomic mass is 16.1. The molecule has 0 saturated heterocycles. The van der Waals surface area contributed by atoms with E-state index in [1.807, 2.05) is 0 Å². The molecule has 6 heteroatoms. The van der Waals surface area contributed by atoms with Crippen molar-refractivity contribution in [1.29, 1.82) is 0 Å². The van der Waals surface area contributed by atoms with Crippen molar-refractivity contribution in [2.45, 2.75) is 64.8 Å². The second-order valence-electron chi connectivity index (χ2n) is 8.16. The van der Waals surface area contributed by atoms with Gasteiger partial charge in [0.1, 0.15) is 5.56 Å². The Bertz CT molecular complexity index is 846. The minimum atomic E-state index is -0.115. The van der Waals surface area contributed by atoms with Crippen LogP contribution in [0.3, 0.4) is 0 Å². The Labute approximate surface area is 147 Å². The fraction of sp³-hybridized carbons (Fsp3) is 0.579. The number of hydrogen-bond acceptors (Lipinski definition) is 4. The van der Waals surface area contributed by atoms with Gasteiger partial charge >= 0.3 is 0 Å². The fourth-order valence-electron chi connectivity index (χ4n) is 4.10. The molecule has 0 bridgehead atoms. The van der Waals surface area contributed by atoms with Gasteiger partial charge in [-0.15, -0.1) is 0 Å².